The zero-order valence-electron chi connectivity index (χ0n) is 11.6. The van der Waals surface area contributed by atoms with Crippen molar-refractivity contribution in [1.82, 2.24) is 14.8 Å². The van der Waals surface area contributed by atoms with Crippen molar-refractivity contribution in [2.45, 2.75) is 26.1 Å². The SMILES string of the molecule is C=Cn1cnc(-c2cc(OC(C)C)cc(C(F)(F)F)c2)n1. The molecule has 0 N–H and O–H groups in total. The molecule has 0 aliphatic heterocycles. The average molecular weight is 297 g/mol. The lowest BCUT2D eigenvalue weighted by Gasteiger charge is -2.14. The molecule has 0 amide bonds. The smallest absolute Gasteiger partial charge is 0.416 e. The molecule has 0 saturated carbocycles. The fourth-order valence-electron chi connectivity index (χ4n) is 1.73. The topological polar surface area (TPSA) is 39.9 Å². The van der Waals surface area contributed by atoms with E-state index < -0.39 is 11.7 Å². The molecule has 4 nitrogen and oxygen atoms in total. The monoisotopic (exact) mass is 297 g/mol. The Morgan fingerprint density at radius 2 is 2.00 bits per heavy atom. The summed E-state index contributed by atoms with van der Waals surface area (Å²) in [4.78, 5) is 3.96. The number of hydrogen-bond donors (Lipinski definition) is 0. The number of hydrogen-bond acceptors (Lipinski definition) is 3. The molecule has 0 fully saturated rings. The Bertz CT molecular complexity index is 647. The lowest BCUT2D eigenvalue weighted by molar-refractivity contribution is -0.137. The van der Waals surface area contributed by atoms with Crippen molar-refractivity contribution in [3.8, 4) is 17.1 Å². The van der Waals surface area contributed by atoms with Crippen LogP contribution >= 0.6 is 0 Å². The van der Waals surface area contributed by atoms with Gasteiger partial charge in [0.1, 0.15) is 12.1 Å². The fourth-order valence-corrected chi connectivity index (χ4v) is 1.73. The Labute approximate surface area is 119 Å². The molecule has 0 spiro atoms. The Hall–Kier alpha value is -2.31. The summed E-state index contributed by atoms with van der Waals surface area (Å²) in [5.74, 6) is 0.305. The van der Waals surface area contributed by atoms with Crippen molar-refractivity contribution in [3.05, 3.63) is 36.7 Å². The predicted octanol–water partition coefficient (Wildman–Crippen LogP) is 3.85. The standard InChI is InChI=1S/C14H14F3N3O/c1-4-20-8-18-13(19-20)10-5-11(14(15,16)17)7-12(6-10)21-9(2)3/h4-9H,1H2,2-3H3. The minimum absolute atomic E-state index is 0.129. The second-order valence-electron chi connectivity index (χ2n) is 4.64. The third-order valence-corrected chi connectivity index (χ3v) is 2.56. The van der Waals surface area contributed by atoms with Gasteiger partial charge in [-0.3, -0.25) is 0 Å². The number of nitrogens with zero attached hydrogens (tertiary/aromatic N) is 3. The number of rotatable bonds is 4. The summed E-state index contributed by atoms with van der Waals surface area (Å²) >= 11 is 0. The van der Waals surface area contributed by atoms with E-state index in [0.717, 1.165) is 12.1 Å². The Morgan fingerprint density at radius 3 is 2.52 bits per heavy atom. The molecule has 0 atom stereocenters. The number of halogens is 3. The van der Waals surface area contributed by atoms with Gasteiger partial charge in [-0.2, -0.15) is 13.2 Å². The van der Waals surface area contributed by atoms with Crippen molar-refractivity contribution < 1.29 is 17.9 Å². The van der Waals surface area contributed by atoms with E-state index in [-0.39, 0.29) is 23.2 Å². The first-order valence-electron chi connectivity index (χ1n) is 6.22. The van der Waals surface area contributed by atoms with Crippen molar-refractivity contribution in [2.75, 3.05) is 0 Å². The van der Waals surface area contributed by atoms with Gasteiger partial charge in [0, 0.05) is 11.8 Å². The van der Waals surface area contributed by atoms with Crippen LogP contribution in [0.2, 0.25) is 0 Å². The molecule has 1 heterocycles. The minimum Gasteiger partial charge on any atom is -0.491 e. The fraction of sp³-hybridized carbons (Fsp3) is 0.286. The Kier molecular flexibility index (Phi) is 4.02. The maximum atomic E-state index is 13.0. The molecule has 0 unspecified atom stereocenters. The zero-order valence-corrected chi connectivity index (χ0v) is 11.6. The van der Waals surface area contributed by atoms with E-state index in [0.29, 0.717) is 0 Å². The predicted molar refractivity (Wildman–Crippen MR) is 72.6 cm³/mol. The van der Waals surface area contributed by atoms with Crippen LogP contribution in [0.3, 0.4) is 0 Å². The molecule has 0 saturated heterocycles. The van der Waals surface area contributed by atoms with Crippen LogP contribution in [0.4, 0.5) is 13.2 Å². The number of alkyl halides is 3. The van der Waals surface area contributed by atoms with Gasteiger partial charge in [0.05, 0.1) is 11.7 Å². The highest BCUT2D eigenvalue weighted by atomic mass is 19.4. The maximum Gasteiger partial charge on any atom is 0.416 e. The van der Waals surface area contributed by atoms with Gasteiger partial charge in [0.15, 0.2) is 5.82 Å². The number of benzene rings is 1. The summed E-state index contributed by atoms with van der Waals surface area (Å²) in [6.45, 7) is 6.99. The van der Waals surface area contributed by atoms with E-state index in [1.165, 1.54) is 23.3 Å². The highest BCUT2D eigenvalue weighted by molar-refractivity contribution is 5.59. The molecule has 2 rings (SSSR count). The molecule has 0 radical (unpaired) electrons. The number of aromatic nitrogens is 3. The zero-order chi connectivity index (χ0) is 15.6. The van der Waals surface area contributed by atoms with Crippen LogP contribution in [0, 0.1) is 0 Å². The van der Waals surface area contributed by atoms with Crippen LogP contribution in [0.25, 0.3) is 17.6 Å². The van der Waals surface area contributed by atoms with E-state index >= 15 is 0 Å². The highest BCUT2D eigenvalue weighted by Crippen LogP contribution is 2.35. The van der Waals surface area contributed by atoms with Crippen LogP contribution in [0.15, 0.2) is 31.1 Å². The molecule has 1 aromatic carbocycles. The van der Waals surface area contributed by atoms with Crippen LogP contribution in [0.5, 0.6) is 5.75 Å². The van der Waals surface area contributed by atoms with Crippen LogP contribution in [-0.4, -0.2) is 20.9 Å². The molecule has 1 aromatic heterocycles. The largest absolute Gasteiger partial charge is 0.491 e. The summed E-state index contributed by atoms with van der Waals surface area (Å²) in [5.41, 5.74) is -0.563. The van der Waals surface area contributed by atoms with E-state index in [2.05, 4.69) is 16.7 Å². The minimum atomic E-state index is -4.47. The first-order chi connectivity index (χ1) is 9.79. The summed E-state index contributed by atoms with van der Waals surface area (Å²) in [5, 5.41) is 4.01. The summed E-state index contributed by atoms with van der Waals surface area (Å²) in [6, 6.07) is 3.45. The van der Waals surface area contributed by atoms with Crippen molar-refractivity contribution in [3.63, 3.8) is 0 Å². The maximum absolute atomic E-state index is 13.0. The Balaban J connectivity index is 2.51. The lowest BCUT2D eigenvalue weighted by Crippen LogP contribution is -2.09. The van der Waals surface area contributed by atoms with Crippen molar-refractivity contribution >= 4 is 6.20 Å². The average Bonchev–Trinajstić information content (AvgIpc) is 2.85. The van der Waals surface area contributed by atoms with Crippen LogP contribution in [0.1, 0.15) is 19.4 Å². The van der Waals surface area contributed by atoms with Gasteiger partial charge in [-0.1, -0.05) is 6.58 Å². The van der Waals surface area contributed by atoms with Gasteiger partial charge in [0.25, 0.3) is 0 Å². The van der Waals surface area contributed by atoms with Gasteiger partial charge in [0.2, 0.25) is 0 Å². The van der Waals surface area contributed by atoms with Crippen LogP contribution in [-0.2, 0) is 6.18 Å². The second-order valence-corrected chi connectivity index (χ2v) is 4.64. The number of ether oxygens (including phenoxy) is 1. The first kappa shape index (κ1) is 15.1. The second kappa shape index (κ2) is 5.59. The van der Waals surface area contributed by atoms with E-state index in [4.69, 9.17) is 4.74 Å². The molecule has 2 aromatic rings. The van der Waals surface area contributed by atoms with Gasteiger partial charge < -0.3 is 4.74 Å². The van der Waals surface area contributed by atoms with Gasteiger partial charge in [-0.15, -0.1) is 5.10 Å². The molecule has 112 valence electrons. The summed E-state index contributed by atoms with van der Waals surface area (Å²) in [6.07, 6.45) is -1.94. The van der Waals surface area contributed by atoms with E-state index in [1.54, 1.807) is 13.8 Å². The third-order valence-electron chi connectivity index (χ3n) is 2.56. The van der Waals surface area contributed by atoms with Gasteiger partial charge in [-0.25, -0.2) is 9.67 Å². The van der Waals surface area contributed by atoms with Gasteiger partial charge in [-0.05, 0) is 32.0 Å². The Morgan fingerprint density at radius 1 is 1.29 bits per heavy atom. The molecule has 0 aliphatic rings. The normalized spacial score (nSPS) is 11.7. The van der Waals surface area contributed by atoms with Crippen LogP contribution < -0.4 is 4.74 Å². The van der Waals surface area contributed by atoms with Crippen molar-refractivity contribution in [1.29, 1.82) is 0 Å². The molecular weight excluding hydrogens is 283 g/mol. The highest BCUT2D eigenvalue weighted by Gasteiger charge is 2.32. The van der Waals surface area contributed by atoms with Crippen molar-refractivity contribution in [2.24, 2.45) is 0 Å². The quantitative estimate of drug-likeness (QED) is 0.860. The molecule has 21 heavy (non-hydrogen) atoms. The lowest BCUT2D eigenvalue weighted by atomic mass is 10.1. The third kappa shape index (κ3) is 3.62. The first-order valence-corrected chi connectivity index (χ1v) is 6.22. The van der Waals surface area contributed by atoms with E-state index in [9.17, 15) is 13.2 Å². The molecule has 0 bridgehead atoms. The van der Waals surface area contributed by atoms with E-state index in [1.807, 2.05) is 0 Å². The molecule has 0 aliphatic carbocycles. The summed E-state index contributed by atoms with van der Waals surface area (Å²) < 4.78 is 45.5. The summed E-state index contributed by atoms with van der Waals surface area (Å²) in [7, 11) is 0. The van der Waals surface area contributed by atoms with Gasteiger partial charge >= 0.3 is 6.18 Å². The molecular formula is C14H14F3N3O. The molecule has 7 heteroatoms.